The Labute approximate surface area is 163 Å². The van der Waals surface area contributed by atoms with E-state index in [4.69, 9.17) is 17.4 Å². The summed E-state index contributed by atoms with van der Waals surface area (Å²) in [6, 6.07) is 0. The van der Waals surface area contributed by atoms with E-state index in [9.17, 15) is 9.59 Å². The number of allylic oxidation sites excluding steroid dienone is 2. The fourth-order valence-electron chi connectivity index (χ4n) is 3.61. The topological polar surface area (TPSA) is 43.4 Å². The van der Waals surface area contributed by atoms with Crippen molar-refractivity contribution in [3.05, 3.63) is 11.6 Å². The van der Waals surface area contributed by atoms with Crippen LogP contribution in [0.4, 0.5) is 0 Å². The molecule has 0 bridgehead atoms. The van der Waals surface area contributed by atoms with Gasteiger partial charge in [-0.05, 0) is 44.4 Å². The number of carbonyl (C=O) groups is 2. The summed E-state index contributed by atoms with van der Waals surface area (Å²) in [4.78, 5) is 23.6. The van der Waals surface area contributed by atoms with Crippen molar-refractivity contribution in [2.75, 3.05) is 6.61 Å². The Balaban J connectivity index is 2.51. The SMILES string of the molecule is CCCC(CCOC(=O)CC1C=C(C)CCC1C(C)(C)S)SC(C)=O. The number of hydrogen-bond acceptors (Lipinski definition) is 5. The van der Waals surface area contributed by atoms with Gasteiger partial charge in [0.05, 0.1) is 13.0 Å². The second-order valence-corrected chi connectivity index (χ2v) is 10.3. The van der Waals surface area contributed by atoms with Gasteiger partial charge in [-0.3, -0.25) is 9.59 Å². The lowest BCUT2D eigenvalue weighted by molar-refractivity contribution is -0.145. The summed E-state index contributed by atoms with van der Waals surface area (Å²) in [6.45, 7) is 10.5. The van der Waals surface area contributed by atoms with Crippen molar-refractivity contribution >= 4 is 35.5 Å². The Morgan fingerprint density at radius 3 is 2.64 bits per heavy atom. The van der Waals surface area contributed by atoms with E-state index in [2.05, 4.69) is 33.8 Å². The maximum absolute atomic E-state index is 12.3. The maximum Gasteiger partial charge on any atom is 0.306 e. The van der Waals surface area contributed by atoms with Crippen LogP contribution in [0.5, 0.6) is 0 Å². The predicted octanol–water partition coefficient (Wildman–Crippen LogP) is 5.44. The molecule has 0 aliphatic heterocycles. The summed E-state index contributed by atoms with van der Waals surface area (Å²) in [5.74, 6) is 0.446. The third-order valence-corrected chi connectivity index (χ3v) is 6.29. The van der Waals surface area contributed by atoms with Gasteiger partial charge in [0.1, 0.15) is 0 Å². The summed E-state index contributed by atoms with van der Waals surface area (Å²) in [7, 11) is 0. The molecule has 0 amide bonds. The first-order chi connectivity index (χ1) is 11.6. The summed E-state index contributed by atoms with van der Waals surface area (Å²) in [6.07, 6.45) is 7.56. The average Bonchev–Trinajstić information content (AvgIpc) is 2.45. The first kappa shape index (κ1) is 22.6. The molecule has 0 radical (unpaired) electrons. The van der Waals surface area contributed by atoms with Crippen molar-refractivity contribution in [2.45, 2.75) is 83.1 Å². The molecule has 5 heteroatoms. The van der Waals surface area contributed by atoms with E-state index in [0.29, 0.717) is 18.9 Å². The fourth-order valence-corrected chi connectivity index (χ4v) is 4.97. The van der Waals surface area contributed by atoms with Crippen LogP contribution in [-0.4, -0.2) is 27.7 Å². The van der Waals surface area contributed by atoms with Crippen LogP contribution in [-0.2, 0) is 14.3 Å². The molecule has 0 fully saturated rings. The number of thioether (sulfide) groups is 1. The van der Waals surface area contributed by atoms with Gasteiger partial charge in [-0.2, -0.15) is 12.6 Å². The number of thiol groups is 1. The standard InChI is InChI=1S/C20H34O3S2/c1-6-7-17(25-15(3)21)10-11-23-19(22)13-16-12-14(2)8-9-18(16)20(4,5)24/h12,16-18,24H,6-11,13H2,1-5H3. The largest absolute Gasteiger partial charge is 0.466 e. The minimum atomic E-state index is -0.137. The zero-order valence-electron chi connectivity index (χ0n) is 16.3. The first-order valence-electron chi connectivity index (χ1n) is 9.36. The molecular weight excluding hydrogens is 352 g/mol. The van der Waals surface area contributed by atoms with Gasteiger partial charge in [-0.15, -0.1) is 0 Å². The van der Waals surface area contributed by atoms with E-state index in [-0.39, 0.29) is 27.0 Å². The molecule has 0 aromatic rings. The van der Waals surface area contributed by atoms with E-state index in [1.165, 1.54) is 17.3 Å². The highest BCUT2D eigenvalue weighted by atomic mass is 32.2. The average molecular weight is 387 g/mol. The quantitative estimate of drug-likeness (QED) is 0.325. The molecule has 0 N–H and O–H groups in total. The molecule has 3 unspecified atom stereocenters. The fraction of sp³-hybridized carbons (Fsp3) is 0.800. The molecule has 0 saturated heterocycles. The summed E-state index contributed by atoms with van der Waals surface area (Å²) >= 11 is 6.11. The van der Waals surface area contributed by atoms with Crippen molar-refractivity contribution < 1.29 is 14.3 Å². The molecule has 0 aromatic carbocycles. The normalized spacial score (nSPS) is 22.2. The number of rotatable bonds is 9. The molecule has 25 heavy (non-hydrogen) atoms. The Bertz CT molecular complexity index is 480. The molecule has 0 heterocycles. The van der Waals surface area contributed by atoms with E-state index in [0.717, 1.165) is 32.1 Å². The lowest BCUT2D eigenvalue weighted by Crippen LogP contribution is -2.34. The van der Waals surface area contributed by atoms with Crippen LogP contribution >= 0.6 is 24.4 Å². The van der Waals surface area contributed by atoms with Gasteiger partial charge in [0.25, 0.3) is 0 Å². The molecule has 1 aliphatic rings. The van der Waals surface area contributed by atoms with E-state index in [1.54, 1.807) is 6.92 Å². The lowest BCUT2D eigenvalue weighted by Gasteiger charge is -2.38. The van der Waals surface area contributed by atoms with Crippen molar-refractivity contribution in [2.24, 2.45) is 11.8 Å². The Morgan fingerprint density at radius 2 is 2.08 bits per heavy atom. The third-order valence-electron chi connectivity index (χ3n) is 4.82. The van der Waals surface area contributed by atoms with Crippen LogP contribution in [0.1, 0.15) is 73.1 Å². The lowest BCUT2D eigenvalue weighted by atomic mass is 9.73. The highest BCUT2D eigenvalue weighted by Gasteiger charge is 2.35. The number of hydrogen-bond donors (Lipinski definition) is 1. The highest BCUT2D eigenvalue weighted by Crippen LogP contribution is 2.41. The van der Waals surface area contributed by atoms with Crippen molar-refractivity contribution in [3.8, 4) is 0 Å². The van der Waals surface area contributed by atoms with Gasteiger partial charge < -0.3 is 4.74 Å². The minimum Gasteiger partial charge on any atom is -0.466 e. The van der Waals surface area contributed by atoms with E-state index < -0.39 is 0 Å². The number of carbonyl (C=O) groups excluding carboxylic acids is 2. The van der Waals surface area contributed by atoms with Crippen LogP contribution in [0.2, 0.25) is 0 Å². The van der Waals surface area contributed by atoms with E-state index in [1.807, 2.05) is 0 Å². The monoisotopic (exact) mass is 386 g/mol. The Kier molecular flexibility index (Phi) is 9.65. The smallest absolute Gasteiger partial charge is 0.306 e. The second-order valence-electron chi connectivity index (χ2n) is 7.71. The van der Waals surface area contributed by atoms with Crippen molar-refractivity contribution in [3.63, 3.8) is 0 Å². The van der Waals surface area contributed by atoms with Crippen LogP contribution in [0, 0.1) is 11.8 Å². The minimum absolute atomic E-state index is 0.105. The van der Waals surface area contributed by atoms with Crippen LogP contribution in [0.3, 0.4) is 0 Å². The summed E-state index contributed by atoms with van der Waals surface area (Å²) < 4.78 is 5.38. The number of ether oxygens (including phenoxy) is 1. The predicted molar refractivity (Wildman–Crippen MR) is 110 cm³/mol. The summed E-state index contributed by atoms with van der Waals surface area (Å²) in [5, 5.41) is 0.377. The van der Waals surface area contributed by atoms with Gasteiger partial charge in [0, 0.05) is 16.9 Å². The molecule has 0 saturated carbocycles. The van der Waals surface area contributed by atoms with Crippen molar-refractivity contribution in [1.82, 2.24) is 0 Å². The Hall–Kier alpha value is -0.420. The molecule has 0 aromatic heterocycles. The van der Waals surface area contributed by atoms with Gasteiger partial charge in [0.2, 0.25) is 0 Å². The Morgan fingerprint density at radius 1 is 1.40 bits per heavy atom. The molecular formula is C20H34O3S2. The van der Waals surface area contributed by atoms with Gasteiger partial charge in [-0.25, -0.2) is 0 Å². The third kappa shape index (κ3) is 8.67. The molecule has 3 atom stereocenters. The summed E-state index contributed by atoms with van der Waals surface area (Å²) in [5.41, 5.74) is 1.35. The zero-order chi connectivity index (χ0) is 19.0. The molecule has 0 spiro atoms. The van der Waals surface area contributed by atoms with Crippen LogP contribution in [0.15, 0.2) is 11.6 Å². The molecule has 1 aliphatic carbocycles. The molecule has 144 valence electrons. The molecule has 1 rings (SSSR count). The van der Waals surface area contributed by atoms with Crippen LogP contribution < -0.4 is 0 Å². The zero-order valence-corrected chi connectivity index (χ0v) is 18.1. The second kappa shape index (κ2) is 10.7. The van der Waals surface area contributed by atoms with Crippen LogP contribution in [0.25, 0.3) is 0 Å². The van der Waals surface area contributed by atoms with Crippen molar-refractivity contribution in [1.29, 1.82) is 0 Å². The highest BCUT2D eigenvalue weighted by molar-refractivity contribution is 8.14. The first-order valence-corrected chi connectivity index (χ1v) is 10.7. The van der Waals surface area contributed by atoms with Gasteiger partial charge in [0.15, 0.2) is 5.12 Å². The maximum atomic E-state index is 12.3. The number of esters is 1. The van der Waals surface area contributed by atoms with Gasteiger partial charge in [-0.1, -0.05) is 50.6 Å². The molecule has 3 nitrogen and oxygen atoms in total. The van der Waals surface area contributed by atoms with Gasteiger partial charge >= 0.3 is 5.97 Å². The van der Waals surface area contributed by atoms with E-state index >= 15 is 0 Å².